The van der Waals surface area contributed by atoms with Gasteiger partial charge in [-0.1, -0.05) is 6.07 Å². The Balaban J connectivity index is 1.88. The van der Waals surface area contributed by atoms with Crippen LogP contribution in [0.2, 0.25) is 0 Å². The largest absolute Gasteiger partial charge is 0.464 e. The van der Waals surface area contributed by atoms with Crippen molar-refractivity contribution in [2.24, 2.45) is 0 Å². The quantitative estimate of drug-likeness (QED) is 0.799. The molecule has 1 aromatic rings. The number of benzene rings is 1. The van der Waals surface area contributed by atoms with Crippen molar-refractivity contribution in [2.75, 3.05) is 13.4 Å². The Kier molecular flexibility index (Phi) is 4.04. The molecule has 0 bridgehead atoms. The van der Waals surface area contributed by atoms with Crippen molar-refractivity contribution in [3.63, 3.8) is 0 Å². The summed E-state index contributed by atoms with van der Waals surface area (Å²) >= 11 is 0. The third-order valence-electron chi connectivity index (χ3n) is 2.70. The van der Waals surface area contributed by atoms with Gasteiger partial charge in [0.15, 0.2) is 17.6 Å². The Morgan fingerprint density at radius 3 is 3.00 bits per heavy atom. The normalized spacial score (nSPS) is 14.3. The van der Waals surface area contributed by atoms with Crippen LogP contribution in [-0.2, 0) is 16.0 Å². The summed E-state index contributed by atoms with van der Waals surface area (Å²) in [5.74, 6) is 0.862. The average molecular weight is 252 g/mol. The molecule has 0 unspecified atom stereocenters. The first kappa shape index (κ1) is 12.7. The van der Waals surface area contributed by atoms with Crippen LogP contribution < -0.4 is 9.47 Å². The van der Waals surface area contributed by atoms with E-state index in [9.17, 15) is 9.90 Å². The van der Waals surface area contributed by atoms with E-state index < -0.39 is 12.1 Å². The summed E-state index contributed by atoms with van der Waals surface area (Å²) in [5.41, 5.74) is 0.989. The number of aliphatic hydroxyl groups is 1. The smallest absolute Gasteiger partial charge is 0.334 e. The number of ether oxygens (including phenoxy) is 3. The van der Waals surface area contributed by atoms with Gasteiger partial charge in [-0.3, -0.25) is 0 Å². The molecule has 0 fully saturated rings. The van der Waals surface area contributed by atoms with Gasteiger partial charge in [0.2, 0.25) is 6.79 Å². The van der Waals surface area contributed by atoms with E-state index in [4.69, 9.17) is 14.2 Å². The molecule has 0 saturated heterocycles. The lowest BCUT2D eigenvalue weighted by molar-refractivity contribution is -0.153. The van der Waals surface area contributed by atoms with E-state index in [-0.39, 0.29) is 13.4 Å². The highest BCUT2D eigenvalue weighted by atomic mass is 16.7. The third kappa shape index (κ3) is 2.92. The minimum absolute atomic E-state index is 0.240. The van der Waals surface area contributed by atoms with Crippen molar-refractivity contribution in [3.8, 4) is 11.5 Å². The van der Waals surface area contributed by atoms with E-state index >= 15 is 0 Å². The molecule has 0 radical (unpaired) electrons. The first-order valence-corrected chi connectivity index (χ1v) is 5.94. The van der Waals surface area contributed by atoms with Gasteiger partial charge < -0.3 is 19.3 Å². The molecule has 1 atom stereocenters. The van der Waals surface area contributed by atoms with Crippen LogP contribution in [0, 0.1) is 0 Å². The second kappa shape index (κ2) is 5.73. The second-order valence-corrected chi connectivity index (χ2v) is 3.99. The lowest BCUT2D eigenvalue weighted by Gasteiger charge is -2.09. The molecule has 5 heteroatoms. The first-order valence-electron chi connectivity index (χ1n) is 5.94. The van der Waals surface area contributed by atoms with Crippen LogP contribution in [0.1, 0.15) is 18.9 Å². The molecule has 5 nitrogen and oxygen atoms in total. The summed E-state index contributed by atoms with van der Waals surface area (Å²) in [6.07, 6.45) is -0.162. The lowest BCUT2D eigenvalue weighted by Crippen LogP contribution is -2.23. The number of carbonyl (C=O) groups excluding carboxylic acids is 1. The van der Waals surface area contributed by atoms with E-state index in [1.807, 2.05) is 18.2 Å². The van der Waals surface area contributed by atoms with Crippen LogP contribution in [0.15, 0.2) is 18.2 Å². The third-order valence-corrected chi connectivity index (χ3v) is 2.70. The molecule has 1 N–H and O–H groups in total. The van der Waals surface area contributed by atoms with Gasteiger partial charge in [-0.15, -0.1) is 0 Å². The maximum Gasteiger partial charge on any atom is 0.334 e. The molecule has 0 aliphatic carbocycles. The Morgan fingerprint density at radius 1 is 1.44 bits per heavy atom. The van der Waals surface area contributed by atoms with Crippen molar-refractivity contribution in [2.45, 2.75) is 25.9 Å². The fourth-order valence-corrected chi connectivity index (χ4v) is 1.76. The number of aryl methyl sites for hydroxylation is 1. The molecule has 0 spiro atoms. The van der Waals surface area contributed by atoms with E-state index in [1.165, 1.54) is 0 Å². The van der Waals surface area contributed by atoms with E-state index in [1.54, 1.807) is 6.92 Å². The molecular formula is C13H16O5. The number of fused-ring (bicyclic) bond motifs is 1. The van der Waals surface area contributed by atoms with Gasteiger partial charge in [-0.2, -0.15) is 0 Å². The molecule has 18 heavy (non-hydrogen) atoms. The van der Waals surface area contributed by atoms with E-state index in [2.05, 4.69) is 0 Å². The zero-order valence-corrected chi connectivity index (χ0v) is 10.2. The topological polar surface area (TPSA) is 65.0 Å². The number of rotatable bonds is 5. The van der Waals surface area contributed by atoms with Crippen LogP contribution >= 0.6 is 0 Å². The van der Waals surface area contributed by atoms with Gasteiger partial charge in [0, 0.05) is 0 Å². The fraction of sp³-hybridized carbons (Fsp3) is 0.462. The van der Waals surface area contributed by atoms with Crippen molar-refractivity contribution in [1.29, 1.82) is 0 Å². The number of hydrogen-bond donors (Lipinski definition) is 1. The SMILES string of the molecule is CCOC(=O)[C@@H](O)CCc1ccc2c(c1)OCO2. The zero-order valence-electron chi connectivity index (χ0n) is 10.2. The summed E-state index contributed by atoms with van der Waals surface area (Å²) in [6, 6.07) is 5.58. The Morgan fingerprint density at radius 2 is 2.22 bits per heavy atom. The Bertz CT molecular complexity index is 429. The van der Waals surface area contributed by atoms with Crippen LogP contribution in [0.5, 0.6) is 11.5 Å². The number of hydrogen-bond acceptors (Lipinski definition) is 5. The standard InChI is InChI=1S/C13H16O5/c1-2-16-13(15)10(14)5-3-9-4-6-11-12(7-9)18-8-17-11/h4,6-7,10,14H,2-3,5,8H2,1H3/t10-/m0/s1. The number of esters is 1. The minimum Gasteiger partial charge on any atom is -0.464 e. The number of carbonyl (C=O) groups is 1. The molecule has 2 rings (SSSR count). The zero-order chi connectivity index (χ0) is 13.0. The molecule has 98 valence electrons. The molecule has 1 aliphatic rings. The molecule has 1 aliphatic heterocycles. The van der Waals surface area contributed by atoms with Gasteiger partial charge in [-0.25, -0.2) is 4.79 Å². The van der Waals surface area contributed by atoms with Gasteiger partial charge in [0.1, 0.15) is 0 Å². The van der Waals surface area contributed by atoms with Crippen LogP contribution in [-0.4, -0.2) is 30.6 Å². The van der Waals surface area contributed by atoms with Gasteiger partial charge in [0.25, 0.3) is 0 Å². The summed E-state index contributed by atoms with van der Waals surface area (Å²) in [6.45, 7) is 2.23. The van der Waals surface area contributed by atoms with Crippen LogP contribution in [0.3, 0.4) is 0 Å². The highest BCUT2D eigenvalue weighted by Crippen LogP contribution is 2.32. The van der Waals surface area contributed by atoms with Gasteiger partial charge >= 0.3 is 5.97 Å². The van der Waals surface area contributed by atoms with Crippen molar-refractivity contribution in [3.05, 3.63) is 23.8 Å². The number of aliphatic hydroxyl groups excluding tert-OH is 1. The summed E-state index contributed by atoms with van der Waals surface area (Å²) in [5, 5.41) is 9.57. The van der Waals surface area contributed by atoms with Crippen LogP contribution in [0.25, 0.3) is 0 Å². The van der Waals surface area contributed by atoms with Gasteiger partial charge in [-0.05, 0) is 37.5 Å². The highest BCUT2D eigenvalue weighted by molar-refractivity contribution is 5.74. The monoisotopic (exact) mass is 252 g/mol. The average Bonchev–Trinajstić information content (AvgIpc) is 2.83. The molecular weight excluding hydrogens is 236 g/mol. The van der Waals surface area contributed by atoms with Gasteiger partial charge in [0.05, 0.1) is 6.61 Å². The van der Waals surface area contributed by atoms with Crippen molar-refractivity contribution in [1.82, 2.24) is 0 Å². The molecule has 1 heterocycles. The van der Waals surface area contributed by atoms with Crippen molar-refractivity contribution >= 4 is 5.97 Å². The second-order valence-electron chi connectivity index (χ2n) is 3.99. The summed E-state index contributed by atoms with van der Waals surface area (Å²) in [7, 11) is 0. The highest BCUT2D eigenvalue weighted by Gasteiger charge is 2.17. The summed E-state index contributed by atoms with van der Waals surface area (Å²) < 4.78 is 15.2. The Labute approximate surface area is 105 Å². The molecule has 1 aromatic carbocycles. The lowest BCUT2D eigenvalue weighted by atomic mass is 10.1. The predicted molar refractivity (Wildman–Crippen MR) is 63.5 cm³/mol. The van der Waals surface area contributed by atoms with Crippen LogP contribution in [0.4, 0.5) is 0 Å². The predicted octanol–water partition coefficient (Wildman–Crippen LogP) is 1.27. The first-order chi connectivity index (χ1) is 8.70. The maximum atomic E-state index is 11.2. The fourth-order valence-electron chi connectivity index (χ4n) is 1.76. The Hall–Kier alpha value is -1.75. The summed E-state index contributed by atoms with van der Waals surface area (Å²) in [4.78, 5) is 11.2. The van der Waals surface area contributed by atoms with E-state index in [0.717, 1.165) is 11.3 Å². The van der Waals surface area contributed by atoms with E-state index in [0.29, 0.717) is 18.6 Å². The molecule has 0 saturated carbocycles. The molecule has 0 amide bonds. The van der Waals surface area contributed by atoms with Crippen molar-refractivity contribution < 1.29 is 24.1 Å². The minimum atomic E-state index is -1.07. The molecule has 0 aromatic heterocycles. The maximum absolute atomic E-state index is 11.2.